The second-order valence-corrected chi connectivity index (χ2v) is 14.2. The molecule has 37 heavy (non-hydrogen) atoms. The van der Waals surface area contributed by atoms with Crippen molar-refractivity contribution >= 4 is 11.7 Å². The molecule has 4 aliphatic rings. The highest BCUT2D eigenvalue weighted by Gasteiger charge is 2.59. The maximum absolute atomic E-state index is 12.8. The molecule has 0 bridgehead atoms. The number of fused-ring (bicyclic) bond motifs is 5. The Morgan fingerprint density at radius 3 is 2.62 bits per heavy atom. The van der Waals surface area contributed by atoms with Gasteiger partial charge >= 0.3 is 5.97 Å². The molecule has 204 valence electrons. The van der Waals surface area contributed by atoms with Crippen LogP contribution in [-0.4, -0.2) is 12.1 Å². The van der Waals surface area contributed by atoms with E-state index in [9.17, 15) is 4.79 Å². The molecule has 1 aromatic carbocycles. The van der Waals surface area contributed by atoms with Gasteiger partial charge in [0.25, 0.3) is 0 Å². The number of nitrogen functional groups attached to an aromatic ring is 1. The van der Waals surface area contributed by atoms with Gasteiger partial charge in [0.1, 0.15) is 6.10 Å². The fraction of sp³-hybridized carbons (Fsp3) is 0.735. The predicted molar refractivity (Wildman–Crippen MR) is 153 cm³/mol. The summed E-state index contributed by atoms with van der Waals surface area (Å²) in [6.45, 7) is 12.5. The van der Waals surface area contributed by atoms with E-state index in [-0.39, 0.29) is 17.5 Å². The van der Waals surface area contributed by atoms with Gasteiger partial charge in [-0.25, -0.2) is 4.79 Å². The summed E-state index contributed by atoms with van der Waals surface area (Å²) in [4.78, 5) is 12.8. The number of allylic oxidation sites excluding steroid dienone is 1. The number of ether oxygens (including phenoxy) is 1. The van der Waals surface area contributed by atoms with Gasteiger partial charge in [0.05, 0.1) is 5.56 Å². The van der Waals surface area contributed by atoms with Crippen molar-refractivity contribution in [1.82, 2.24) is 0 Å². The molecular formula is C34H51NO2. The highest BCUT2D eigenvalue weighted by molar-refractivity contribution is 5.90. The lowest BCUT2D eigenvalue weighted by molar-refractivity contribution is -0.0594. The fourth-order valence-electron chi connectivity index (χ4n) is 9.64. The first kappa shape index (κ1) is 26.8. The van der Waals surface area contributed by atoms with Gasteiger partial charge in [-0.3, -0.25) is 0 Å². The number of benzene rings is 1. The Hall–Kier alpha value is -1.77. The van der Waals surface area contributed by atoms with Crippen LogP contribution in [0.3, 0.4) is 0 Å². The van der Waals surface area contributed by atoms with E-state index in [2.05, 4.69) is 40.7 Å². The van der Waals surface area contributed by atoms with Crippen LogP contribution in [0.5, 0.6) is 0 Å². The number of anilines is 1. The van der Waals surface area contributed by atoms with E-state index in [0.717, 1.165) is 54.8 Å². The molecule has 1 aromatic rings. The largest absolute Gasteiger partial charge is 0.458 e. The van der Waals surface area contributed by atoms with Crippen LogP contribution in [0.2, 0.25) is 0 Å². The molecule has 2 N–H and O–H groups in total. The van der Waals surface area contributed by atoms with Crippen LogP contribution >= 0.6 is 0 Å². The van der Waals surface area contributed by atoms with Gasteiger partial charge in [0, 0.05) is 12.1 Å². The Morgan fingerprint density at radius 2 is 1.86 bits per heavy atom. The van der Waals surface area contributed by atoms with Crippen molar-refractivity contribution in [2.45, 2.75) is 111 Å². The average molecular weight is 506 g/mol. The van der Waals surface area contributed by atoms with Crippen LogP contribution in [0.1, 0.15) is 116 Å². The lowest BCUT2D eigenvalue weighted by atomic mass is 9.47. The van der Waals surface area contributed by atoms with Crippen molar-refractivity contribution in [3.05, 3.63) is 41.5 Å². The summed E-state index contributed by atoms with van der Waals surface area (Å²) in [5.41, 5.74) is 9.44. The SMILES string of the molecule is CC(C)CCCC(C)C1CCC2C3CC=C4CC(OC(=O)c5cccc(N)c5)CCC4(C)C3CCC12C. The van der Waals surface area contributed by atoms with Crippen molar-refractivity contribution in [3.8, 4) is 0 Å². The topological polar surface area (TPSA) is 52.3 Å². The van der Waals surface area contributed by atoms with Crippen LogP contribution in [0.4, 0.5) is 5.69 Å². The molecule has 0 aromatic heterocycles. The second-order valence-electron chi connectivity index (χ2n) is 14.2. The number of hydrogen-bond acceptors (Lipinski definition) is 3. The molecular weight excluding hydrogens is 454 g/mol. The first-order valence-electron chi connectivity index (χ1n) is 15.4. The van der Waals surface area contributed by atoms with Crippen LogP contribution in [0.25, 0.3) is 0 Å². The number of nitrogens with two attached hydrogens (primary N) is 1. The minimum Gasteiger partial charge on any atom is -0.458 e. The first-order valence-corrected chi connectivity index (χ1v) is 15.4. The van der Waals surface area contributed by atoms with Crippen molar-refractivity contribution < 1.29 is 9.53 Å². The molecule has 0 saturated heterocycles. The zero-order valence-corrected chi connectivity index (χ0v) is 24.1. The minimum absolute atomic E-state index is 0.0128. The third-order valence-electron chi connectivity index (χ3n) is 11.7. The Balaban J connectivity index is 1.25. The number of hydrogen-bond donors (Lipinski definition) is 1. The summed E-state index contributed by atoms with van der Waals surface area (Å²) in [6, 6.07) is 7.15. The highest BCUT2D eigenvalue weighted by atomic mass is 16.5. The van der Waals surface area contributed by atoms with Crippen molar-refractivity contribution in [2.75, 3.05) is 5.73 Å². The minimum atomic E-state index is -0.233. The standard InChI is InChI=1S/C34H51NO2/c1-22(2)8-6-9-23(3)29-14-15-30-28-13-12-25-21-27(37-32(36)24-10-7-11-26(35)20-24)16-18-33(25,4)31(28)17-19-34(29,30)5/h7,10-12,20,22-23,27-31H,6,8-9,13-19,21,35H2,1-5H3. The Bertz CT molecular complexity index is 1010. The quantitative estimate of drug-likeness (QED) is 0.229. The van der Waals surface area contributed by atoms with E-state index >= 15 is 0 Å². The zero-order chi connectivity index (χ0) is 26.4. The molecule has 4 aliphatic carbocycles. The molecule has 0 spiro atoms. The van der Waals surface area contributed by atoms with E-state index in [4.69, 9.17) is 10.5 Å². The van der Waals surface area contributed by atoms with Crippen LogP contribution < -0.4 is 5.73 Å². The van der Waals surface area contributed by atoms with Gasteiger partial charge < -0.3 is 10.5 Å². The molecule has 0 heterocycles. The van der Waals surface area contributed by atoms with Crippen LogP contribution in [0.15, 0.2) is 35.9 Å². The molecule has 5 rings (SSSR count). The van der Waals surface area contributed by atoms with Gasteiger partial charge in [-0.05, 0) is 109 Å². The van der Waals surface area contributed by atoms with Gasteiger partial charge in [-0.1, -0.05) is 71.6 Å². The van der Waals surface area contributed by atoms with E-state index in [1.807, 2.05) is 6.07 Å². The maximum Gasteiger partial charge on any atom is 0.338 e. The molecule has 8 atom stereocenters. The fourth-order valence-corrected chi connectivity index (χ4v) is 9.64. The first-order chi connectivity index (χ1) is 17.6. The lowest BCUT2D eigenvalue weighted by Gasteiger charge is -2.58. The van der Waals surface area contributed by atoms with Gasteiger partial charge in [0.2, 0.25) is 0 Å². The molecule has 3 fully saturated rings. The normalized spacial score (nSPS) is 37.8. The summed E-state index contributed by atoms with van der Waals surface area (Å²) >= 11 is 0. The highest BCUT2D eigenvalue weighted by Crippen LogP contribution is 2.67. The lowest BCUT2D eigenvalue weighted by Crippen LogP contribution is -2.51. The average Bonchev–Trinajstić information content (AvgIpc) is 3.21. The predicted octanol–water partition coefficient (Wildman–Crippen LogP) is 8.84. The van der Waals surface area contributed by atoms with Crippen molar-refractivity contribution in [2.24, 2.45) is 46.3 Å². The van der Waals surface area contributed by atoms with Gasteiger partial charge in [0.15, 0.2) is 0 Å². The van der Waals surface area contributed by atoms with E-state index in [1.54, 1.807) is 23.8 Å². The Labute approximate surface area is 226 Å². The summed E-state index contributed by atoms with van der Waals surface area (Å²) in [6.07, 6.45) is 16.7. The van der Waals surface area contributed by atoms with Crippen molar-refractivity contribution in [3.63, 3.8) is 0 Å². The summed E-state index contributed by atoms with van der Waals surface area (Å²) in [7, 11) is 0. The van der Waals surface area contributed by atoms with Gasteiger partial charge in [-0.15, -0.1) is 0 Å². The molecule has 3 saturated carbocycles. The Morgan fingerprint density at radius 1 is 1.05 bits per heavy atom. The molecule has 8 unspecified atom stereocenters. The van der Waals surface area contributed by atoms with Gasteiger partial charge in [-0.2, -0.15) is 0 Å². The monoisotopic (exact) mass is 505 g/mol. The van der Waals surface area contributed by atoms with E-state index < -0.39 is 0 Å². The number of rotatable bonds is 7. The second kappa shape index (κ2) is 10.4. The van der Waals surface area contributed by atoms with E-state index in [1.165, 1.54) is 51.4 Å². The molecule has 0 amide bonds. The summed E-state index contributed by atoms with van der Waals surface area (Å²) < 4.78 is 6.00. The number of carbonyl (C=O) groups is 1. The Kier molecular flexibility index (Phi) is 7.55. The summed E-state index contributed by atoms with van der Waals surface area (Å²) in [5.74, 6) is 4.89. The molecule has 0 radical (unpaired) electrons. The van der Waals surface area contributed by atoms with Crippen LogP contribution in [-0.2, 0) is 4.74 Å². The van der Waals surface area contributed by atoms with E-state index in [0.29, 0.717) is 16.7 Å². The molecule has 3 nitrogen and oxygen atoms in total. The number of esters is 1. The molecule has 0 aliphatic heterocycles. The number of carbonyl (C=O) groups excluding carboxylic acids is 1. The smallest absolute Gasteiger partial charge is 0.338 e. The third kappa shape index (κ3) is 5.01. The summed E-state index contributed by atoms with van der Waals surface area (Å²) in [5, 5.41) is 0. The molecule has 3 heteroatoms. The zero-order valence-electron chi connectivity index (χ0n) is 24.1. The van der Waals surface area contributed by atoms with Crippen molar-refractivity contribution in [1.29, 1.82) is 0 Å². The van der Waals surface area contributed by atoms with Crippen LogP contribution in [0, 0.1) is 46.3 Å². The maximum atomic E-state index is 12.8. The third-order valence-corrected chi connectivity index (χ3v) is 11.7.